The number of amides is 6. The van der Waals surface area contributed by atoms with Crippen molar-refractivity contribution in [2.75, 3.05) is 75.0 Å². The van der Waals surface area contributed by atoms with Gasteiger partial charge in [0.05, 0.1) is 67.0 Å². The molecule has 4 aromatic heterocycles. The highest BCUT2D eigenvalue weighted by Crippen LogP contribution is 2.44. The first kappa shape index (κ1) is 75.4. The maximum Gasteiger partial charge on any atom is 0.501 e. The molecule has 3 atom stereocenters. The van der Waals surface area contributed by atoms with E-state index in [1.807, 2.05) is 0 Å². The highest BCUT2D eigenvalue weighted by molar-refractivity contribution is 7.92. The average Bonchev–Trinajstić information content (AvgIpc) is 1.37. The Labute approximate surface area is 563 Å². The number of benzene rings is 3. The topological polar surface area (TPSA) is 304 Å². The fourth-order valence-corrected chi connectivity index (χ4v) is 12.9. The number of aliphatic hydroxyl groups excluding tert-OH is 6. The van der Waals surface area contributed by atoms with Crippen LogP contribution in [0.4, 0.5) is 79.2 Å². The first-order valence-electron chi connectivity index (χ1n) is 28.9. The number of rotatable bonds is 13. The number of halogens is 14. The monoisotopic (exact) mass is 1470 g/mol. The number of aromatic nitrogens is 4. The van der Waals surface area contributed by atoms with Gasteiger partial charge in [0.15, 0.2) is 22.1 Å². The summed E-state index contributed by atoms with van der Waals surface area (Å²) in [6, 6.07) is 12.3. The van der Waals surface area contributed by atoms with Crippen molar-refractivity contribution in [3.63, 3.8) is 0 Å². The first-order valence-corrected chi connectivity index (χ1v) is 32.4. The Morgan fingerprint density at radius 1 is 0.546 bits per heavy atom. The average molecular weight is 1470 g/mol. The fourth-order valence-electron chi connectivity index (χ4n) is 10.3. The SMILES string of the molecule is O=C(Nc1ccc(C(F)(F)F)c(Cl)c1)N1CCC(F)(c2ncc([C@H](O)CO)cc2F)CC1.O=C(Nc1ccc(S(=O)(=O)C(F)(F)F)cc1)N1CCC(F)(c2ncc([C@H](O)CO)cc2Cl)CC1.O=C(Nc1nc2ccc(F)cc2s1)N1CCC(F)(c2ncc([C@H](O)CO)cc2Cl)CC1. The second-order valence-electron chi connectivity index (χ2n) is 22.3. The predicted molar refractivity (Wildman–Crippen MR) is 332 cm³/mol. The highest BCUT2D eigenvalue weighted by Gasteiger charge is 2.48. The van der Waals surface area contributed by atoms with Crippen molar-refractivity contribution >= 4 is 101 Å². The van der Waals surface area contributed by atoms with Crippen molar-refractivity contribution in [1.82, 2.24) is 34.6 Å². The molecular formula is C60H58Cl3F11N10O11S2. The van der Waals surface area contributed by atoms with E-state index in [-0.39, 0.29) is 128 Å². The third-order valence-electron chi connectivity index (χ3n) is 15.9. The molecule has 3 aromatic carbocycles. The molecule has 524 valence electrons. The number of hydrogen-bond acceptors (Lipinski definition) is 16. The Morgan fingerprint density at radius 2 is 0.948 bits per heavy atom. The van der Waals surface area contributed by atoms with Crippen LogP contribution < -0.4 is 16.0 Å². The third kappa shape index (κ3) is 17.9. The number of fused-ring (bicyclic) bond motifs is 1. The zero-order chi connectivity index (χ0) is 71.2. The van der Waals surface area contributed by atoms with E-state index in [9.17, 15) is 73.2 Å². The molecule has 10 rings (SSSR count). The van der Waals surface area contributed by atoms with Gasteiger partial charge in [-0.25, -0.2) is 49.7 Å². The second-order valence-corrected chi connectivity index (χ2v) is 26.5. The summed E-state index contributed by atoms with van der Waals surface area (Å²) in [5.74, 6) is -1.36. The number of anilines is 3. The van der Waals surface area contributed by atoms with Crippen LogP contribution in [-0.2, 0) is 33.0 Å². The summed E-state index contributed by atoms with van der Waals surface area (Å²) in [7, 11) is -5.50. The number of urea groups is 3. The van der Waals surface area contributed by atoms with Gasteiger partial charge in [-0.3, -0.25) is 20.3 Å². The number of hydrogen-bond donors (Lipinski definition) is 9. The molecule has 21 nitrogen and oxygen atoms in total. The van der Waals surface area contributed by atoms with Gasteiger partial charge < -0.3 is 56.0 Å². The lowest BCUT2D eigenvalue weighted by atomic mass is 9.89. The van der Waals surface area contributed by atoms with E-state index in [1.165, 1.54) is 57.4 Å². The molecule has 3 aliphatic rings. The molecular weight excluding hydrogens is 1420 g/mol. The summed E-state index contributed by atoms with van der Waals surface area (Å²) in [6.07, 6.45) is -5.55. The van der Waals surface area contributed by atoms with Gasteiger partial charge >= 0.3 is 29.8 Å². The summed E-state index contributed by atoms with van der Waals surface area (Å²) >= 11 is 19.1. The number of aliphatic hydroxyl groups is 6. The molecule has 3 aliphatic heterocycles. The molecule has 3 fully saturated rings. The van der Waals surface area contributed by atoms with Gasteiger partial charge in [0.1, 0.15) is 35.6 Å². The number of carbonyl (C=O) groups is 3. The lowest BCUT2D eigenvalue weighted by Crippen LogP contribution is -2.45. The normalized spacial score (nSPS) is 17.2. The van der Waals surface area contributed by atoms with Gasteiger partial charge in [-0.15, -0.1) is 0 Å². The molecule has 9 N–H and O–H groups in total. The van der Waals surface area contributed by atoms with Crippen LogP contribution >= 0.6 is 46.1 Å². The number of piperidine rings is 3. The number of pyridine rings is 3. The quantitative estimate of drug-likeness (QED) is 0.0485. The van der Waals surface area contributed by atoms with Crippen molar-refractivity contribution < 1.29 is 102 Å². The number of sulfone groups is 1. The number of thiazole rings is 1. The lowest BCUT2D eigenvalue weighted by molar-refractivity contribution is -0.137. The van der Waals surface area contributed by atoms with E-state index in [2.05, 4.69) is 35.9 Å². The van der Waals surface area contributed by atoms with Gasteiger partial charge in [0, 0.05) is 124 Å². The van der Waals surface area contributed by atoms with E-state index < -0.39 is 122 Å². The minimum atomic E-state index is -5.50. The molecule has 0 saturated carbocycles. The molecule has 97 heavy (non-hydrogen) atoms. The fraction of sp³-hybridized carbons (Fsp3) is 0.383. The largest absolute Gasteiger partial charge is 0.501 e. The van der Waals surface area contributed by atoms with Crippen LogP contribution in [0.1, 0.15) is 96.2 Å². The molecule has 3 saturated heterocycles. The smallest absolute Gasteiger partial charge is 0.393 e. The van der Waals surface area contributed by atoms with E-state index in [0.29, 0.717) is 20.9 Å². The first-order chi connectivity index (χ1) is 45.5. The summed E-state index contributed by atoms with van der Waals surface area (Å²) in [4.78, 5) is 56.6. The van der Waals surface area contributed by atoms with E-state index >= 15 is 13.2 Å². The molecule has 0 bridgehead atoms. The van der Waals surface area contributed by atoms with Gasteiger partial charge in [0.2, 0.25) is 0 Å². The van der Waals surface area contributed by atoms with Crippen LogP contribution in [0, 0.1) is 11.6 Å². The number of nitrogens with one attached hydrogen (secondary N) is 3. The molecule has 0 aliphatic carbocycles. The predicted octanol–water partition coefficient (Wildman–Crippen LogP) is 12.0. The maximum atomic E-state index is 15.6. The number of carbonyl (C=O) groups excluding carboxylic acids is 3. The Hall–Kier alpha value is -7.38. The van der Waals surface area contributed by atoms with Crippen molar-refractivity contribution in [3.05, 3.63) is 163 Å². The summed E-state index contributed by atoms with van der Waals surface area (Å²) in [5, 5.41) is 63.1. The van der Waals surface area contributed by atoms with Crippen molar-refractivity contribution in [2.45, 2.75) is 90.4 Å². The minimum absolute atomic E-state index is 0.0000953. The minimum Gasteiger partial charge on any atom is -0.393 e. The molecule has 6 amide bonds. The van der Waals surface area contributed by atoms with Gasteiger partial charge in [-0.1, -0.05) is 46.1 Å². The molecule has 7 heterocycles. The number of alkyl halides is 9. The van der Waals surface area contributed by atoms with Gasteiger partial charge in [0.25, 0.3) is 9.84 Å². The maximum absolute atomic E-state index is 15.6. The standard InChI is InChI=1S/C20H19ClF5N3O3.C20H20ClF4N3O5S.C20H19ClF2N4O3S/c21-14-8-12(1-2-13(14)20(24,25)26)28-18(32)29-5-3-19(23,4-6-29)17-15(22)7-11(9-27-17)16(31)10-30;21-15-9-12(16(30)11-29)10-26-17(15)19(22)5-7-28(8-6-19)18(31)27-13-1-3-14(4-2-13)34(32,33)20(23,24)25;21-13-7-11(15(29)10-28)9-24-17(13)20(23)3-5-27(6-4-20)19(30)26-18-25-14-2-1-12(22)8-16(14)31-18/h1-2,7-9,16,30-31H,3-6,10H2,(H,28,32);1-4,9-10,16,29-30H,5-8,11H2,(H,27,31);1-2,7-9,15,28-29H,3-6,10H2,(H,25,26,30)/t2*16-;15-/m111/s1. The van der Waals surface area contributed by atoms with Crippen LogP contribution in [0.3, 0.4) is 0 Å². The van der Waals surface area contributed by atoms with Gasteiger partial charge in [-0.05, 0) is 78.9 Å². The van der Waals surface area contributed by atoms with Gasteiger partial charge in [-0.2, -0.15) is 26.3 Å². The Balaban J connectivity index is 0.000000186. The number of likely N-dealkylation sites (tertiary alicyclic amines) is 3. The Kier molecular flexibility index (Phi) is 23.9. The highest BCUT2D eigenvalue weighted by atomic mass is 35.5. The Bertz CT molecular complexity index is 4090. The summed E-state index contributed by atoms with van der Waals surface area (Å²) in [5.41, 5.74) is -11.6. The molecule has 0 radical (unpaired) electrons. The second kappa shape index (κ2) is 30.8. The van der Waals surface area contributed by atoms with E-state index in [4.69, 9.17) is 50.1 Å². The number of nitrogens with zero attached hydrogens (tertiary/aromatic N) is 7. The van der Waals surface area contributed by atoms with Crippen LogP contribution in [0.25, 0.3) is 10.2 Å². The summed E-state index contributed by atoms with van der Waals surface area (Å²) < 4.78 is 174. The molecule has 0 unspecified atom stereocenters. The van der Waals surface area contributed by atoms with Crippen LogP contribution in [-0.4, -0.2) is 156 Å². The van der Waals surface area contributed by atoms with E-state index in [1.54, 1.807) is 0 Å². The zero-order valence-corrected chi connectivity index (χ0v) is 53.9. The third-order valence-corrected chi connectivity index (χ3v) is 19.2. The molecule has 37 heteroatoms. The Morgan fingerprint density at radius 3 is 1.35 bits per heavy atom. The van der Waals surface area contributed by atoms with Crippen molar-refractivity contribution in [2.24, 2.45) is 0 Å². The van der Waals surface area contributed by atoms with Crippen molar-refractivity contribution in [1.29, 1.82) is 0 Å². The molecule has 7 aromatic rings. The van der Waals surface area contributed by atoms with E-state index in [0.717, 1.165) is 66.1 Å². The zero-order valence-electron chi connectivity index (χ0n) is 50.0. The van der Waals surface area contributed by atoms with Crippen LogP contribution in [0.15, 0.2) is 102 Å². The van der Waals surface area contributed by atoms with Crippen LogP contribution in [0.2, 0.25) is 15.1 Å². The molecule has 0 spiro atoms. The van der Waals surface area contributed by atoms with Crippen LogP contribution in [0.5, 0.6) is 0 Å². The lowest BCUT2D eigenvalue weighted by Gasteiger charge is -2.36. The summed E-state index contributed by atoms with van der Waals surface area (Å²) in [6.45, 7) is -1.66. The van der Waals surface area contributed by atoms with Crippen molar-refractivity contribution in [3.8, 4) is 0 Å².